The summed E-state index contributed by atoms with van der Waals surface area (Å²) in [6, 6.07) is 7.34. The van der Waals surface area contributed by atoms with Crippen LogP contribution in [0.25, 0.3) is 0 Å². The average Bonchev–Trinajstić information content (AvgIpc) is 2.83. The molecule has 1 amide bonds. The Morgan fingerprint density at radius 3 is 2.94 bits per heavy atom. The number of H-pyrrole nitrogens is 1. The lowest BCUT2D eigenvalue weighted by atomic mass is 10.2. The zero-order chi connectivity index (χ0) is 11.4. The SMILES string of the molecule is NCc1ccccc1NC(=O)c1ncn[nH]1. The van der Waals surface area contributed by atoms with Crippen LogP contribution in [0, 0.1) is 0 Å². The molecule has 82 valence electrons. The summed E-state index contributed by atoms with van der Waals surface area (Å²) in [5.74, 6) is -0.162. The number of nitrogens with zero attached hydrogens (tertiary/aromatic N) is 2. The number of amides is 1. The Kier molecular flexibility index (Phi) is 2.93. The average molecular weight is 217 g/mol. The Hall–Kier alpha value is -2.21. The van der Waals surface area contributed by atoms with Gasteiger partial charge in [0.15, 0.2) is 0 Å². The van der Waals surface area contributed by atoms with Crippen molar-refractivity contribution >= 4 is 11.6 Å². The lowest BCUT2D eigenvalue weighted by Crippen LogP contribution is -2.15. The van der Waals surface area contributed by atoms with Gasteiger partial charge in [0.2, 0.25) is 5.82 Å². The van der Waals surface area contributed by atoms with E-state index in [1.807, 2.05) is 18.2 Å². The van der Waals surface area contributed by atoms with E-state index in [0.29, 0.717) is 12.2 Å². The van der Waals surface area contributed by atoms with Gasteiger partial charge in [-0.3, -0.25) is 9.89 Å². The summed E-state index contributed by atoms with van der Waals surface area (Å²) in [6.07, 6.45) is 1.28. The van der Waals surface area contributed by atoms with Gasteiger partial charge in [0, 0.05) is 12.2 Å². The fourth-order valence-electron chi connectivity index (χ4n) is 1.32. The van der Waals surface area contributed by atoms with E-state index in [1.54, 1.807) is 6.07 Å². The molecular formula is C10H11N5O. The minimum absolute atomic E-state index is 0.173. The summed E-state index contributed by atoms with van der Waals surface area (Å²) in [5, 5.41) is 8.81. The molecule has 0 fully saturated rings. The first-order valence-electron chi connectivity index (χ1n) is 4.76. The maximum absolute atomic E-state index is 11.7. The van der Waals surface area contributed by atoms with E-state index >= 15 is 0 Å². The summed E-state index contributed by atoms with van der Waals surface area (Å²) in [4.78, 5) is 15.4. The predicted octanol–water partition coefficient (Wildman–Crippen LogP) is 0.516. The minimum atomic E-state index is -0.335. The van der Waals surface area contributed by atoms with Crippen LogP contribution >= 0.6 is 0 Å². The highest BCUT2D eigenvalue weighted by Crippen LogP contribution is 2.14. The second-order valence-corrected chi connectivity index (χ2v) is 3.15. The van der Waals surface area contributed by atoms with Crippen LogP contribution in [0.5, 0.6) is 0 Å². The van der Waals surface area contributed by atoms with Crippen molar-refractivity contribution in [3.63, 3.8) is 0 Å². The highest BCUT2D eigenvalue weighted by atomic mass is 16.2. The van der Waals surface area contributed by atoms with Crippen molar-refractivity contribution in [2.45, 2.75) is 6.54 Å². The zero-order valence-electron chi connectivity index (χ0n) is 8.47. The van der Waals surface area contributed by atoms with E-state index in [9.17, 15) is 4.79 Å². The number of rotatable bonds is 3. The largest absolute Gasteiger partial charge is 0.326 e. The summed E-state index contributed by atoms with van der Waals surface area (Å²) < 4.78 is 0. The van der Waals surface area contributed by atoms with Crippen LogP contribution in [0.15, 0.2) is 30.6 Å². The second-order valence-electron chi connectivity index (χ2n) is 3.15. The van der Waals surface area contributed by atoms with Crippen LogP contribution in [-0.2, 0) is 6.54 Å². The first-order valence-corrected chi connectivity index (χ1v) is 4.76. The lowest BCUT2D eigenvalue weighted by Gasteiger charge is -2.07. The van der Waals surface area contributed by atoms with Crippen LogP contribution in [-0.4, -0.2) is 21.1 Å². The third-order valence-electron chi connectivity index (χ3n) is 2.12. The number of carbonyl (C=O) groups excluding carboxylic acids is 1. The number of hydrogen-bond acceptors (Lipinski definition) is 4. The molecule has 6 heteroatoms. The summed E-state index contributed by atoms with van der Waals surface area (Å²) in [5.41, 5.74) is 7.12. The molecule has 1 heterocycles. The monoisotopic (exact) mass is 217 g/mol. The molecule has 0 aliphatic rings. The normalized spacial score (nSPS) is 10.1. The summed E-state index contributed by atoms with van der Waals surface area (Å²) in [7, 11) is 0. The van der Waals surface area contributed by atoms with Crippen molar-refractivity contribution in [1.29, 1.82) is 0 Å². The molecule has 1 aromatic heterocycles. The van der Waals surface area contributed by atoms with Gasteiger partial charge in [-0.15, -0.1) is 0 Å². The number of anilines is 1. The smallest absolute Gasteiger partial charge is 0.292 e. The Morgan fingerprint density at radius 2 is 2.25 bits per heavy atom. The number of benzene rings is 1. The van der Waals surface area contributed by atoms with Crippen LogP contribution in [0.1, 0.15) is 16.2 Å². The lowest BCUT2D eigenvalue weighted by molar-refractivity contribution is 0.101. The van der Waals surface area contributed by atoms with Gasteiger partial charge in [0.05, 0.1) is 0 Å². The molecule has 0 radical (unpaired) electrons. The molecule has 0 aliphatic carbocycles. The Morgan fingerprint density at radius 1 is 1.44 bits per heavy atom. The molecule has 0 bridgehead atoms. The standard InChI is InChI=1S/C10H11N5O/c11-5-7-3-1-2-4-8(7)14-10(16)9-12-6-13-15-9/h1-4,6H,5,11H2,(H,14,16)(H,12,13,15). The van der Waals surface area contributed by atoms with Gasteiger partial charge in [-0.1, -0.05) is 18.2 Å². The second kappa shape index (κ2) is 4.54. The molecule has 1 aromatic carbocycles. The highest BCUT2D eigenvalue weighted by Gasteiger charge is 2.10. The number of nitrogens with two attached hydrogens (primary N) is 1. The molecule has 0 saturated heterocycles. The summed E-state index contributed by atoms with van der Waals surface area (Å²) >= 11 is 0. The Bertz CT molecular complexity index is 480. The maximum Gasteiger partial charge on any atom is 0.292 e. The fraction of sp³-hybridized carbons (Fsp3) is 0.100. The van der Waals surface area contributed by atoms with E-state index < -0.39 is 0 Å². The topological polar surface area (TPSA) is 96.7 Å². The molecule has 2 aromatic rings. The van der Waals surface area contributed by atoms with E-state index in [4.69, 9.17) is 5.73 Å². The molecule has 0 spiro atoms. The van der Waals surface area contributed by atoms with Gasteiger partial charge in [-0.05, 0) is 11.6 Å². The third kappa shape index (κ3) is 2.06. The van der Waals surface area contributed by atoms with Crippen molar-refractivity contribution in [2.75, 3.05) is 5.32 Å². The van der Waals surface area contributed by atoms with Gasteiger partial charge in [0.1, 0.15) is 6.33 Å². The molecule has 0 unspecified atom stereocenters. The van der Waals surface area contributed by atoms with Gasteiger partial charge < -0.3 is 11.1 Å². The van der Waals surface area contributed by atoms with Crippen molar-refractivity contribution in [2.24, 2.45) is 5.73 Å². The van der Waals surface area contributed by atoms with Gasteiger partial charge in [-0.2, -0.15) is 5.10 Å². The predicted molar refractivity (Wildman–Crippen MR) is 58.7 cm³/mol. The van der Waals surface area contributed by atoms with E-state index in [1.165, 1.54) is 6.33 Å². The number of carbonyl (C=O) groups is 1. The highest BCUT2D eigenvalue weighted by molar-refractivity contribution is 6.01. The minimum Gasteiger partial charge on any atom is -0.326 e. The molecule has 6 nitrogen and oxygen atoms in total. The van der Waals surface area contributed by atoms with Crippen LogP contribution in [0.4, 0.5) is 5.69 Å². The molecule has 0 saturated carbocycles. The first-order chi connectivity index (χ1) is 7.81. The van der Waals surface area contributed by atoms with Gasteiger partial charge in [-0.25, -0.2) is 4.98 Å². The van der Waals surface area contributed by atoms with E-state index in [-0.39, 0.29) is 11.7 Å². The van der Waals surface area contributed by atoms with Crippen molar-refractivity contribution in [1.82, 2.24) is 15.2 Å². The third-order valence-corrected chi connectivity index (χ3v) is 2.12. The Labute approximate surface area is 91.9 Å². The number of nitrogens with one attached hydrogen (secondary N) is 2. The quantitative estimate of drug-likeness (QED) is 0.698. The van der Waals surface area contributed by atoms with Crippen LogP contribution < -0.4 is 11.1 Å². The maximum atomic E-state index is 11.7. The van der Waals surface area contributed by atoms with E-state index in [0.717, 1.165) is 5.56 Å². The van der Waals surface area contributed by atoms with Crippen molar-refractivity contribution in [3.8, 4) is 0 Å². The van der Waals surface area contributed by atoms with Crippen LogP contribution in [0.2, 0.25) is 0 Å². The number of hydrogen-bond donors (Lipinski definition) is 3. The Balaban J connectivity index is 2.18. The molecule has 0 aliphatic heterocycles. The first kappa shape index (κ1) is 10.3. The van der Waals surface area contributed by atoms with Gasteiger partial charge >= 0.3 is 0 Å². The number of para-hydroxylation sites is 1. The molecule has 2 rings (SSSR count). The zero-order valence-corrected chi connectivity index (χ0v) is 8.47. The summed E-state index contributed by atoms with van der Waals surface area (Å²) in [6.45, 7) is 0.368. The van der Waals surface area contributed by atoms with E-state index in [2.05, 4.69) is 20.5 Å². The van der Waals surface area contributed by atoms with Crippen molar-refractivity contribution in [3.05, 3.63) is 42.0 Å². The van der Waals surface area contributed by atoms with Crippen molar-refractivity contribution < 1.29 is 4.79 Å². The number of aromatic amines is 1. The molecule has 4 N–H and O–H groups in total. The van der Waals surface area contributed by atoms with Crippen LogP contribution in [0.3, 0.4) is 0 Å². The number of aromatic nitrogens is 3. The fourth-order valence-corrected chi connectivity index (χ4v) is 1.32. The molecule has 16 heavy (non-hydrogen) atoms. The molecule has 0 atom stereocenters. The van der Waals surface area contributed by atoms with Gasteiger partial charge in [0.25, 0.3) is 5.91 Å². The molecular weight excluding hydrogens is 206 g/mol.